The summed E-state index contributed by atoms with van der Waals surface area (Å²) in [6.45, 7) is 0.187. The van der Waals surface area contributed by atoms with Crippen LogP contribution >= 0.6 is 0 Å². The van der Waals surface area contributed by atoms with Crippen LogP contribution in [0.15, 0.2) is 21.8 Å². The second-order valence-corrected chi connectivity index (χ2v) is 4.27. The van der Waals surface area contributed by atoms with Crippen molar-refractivity contribution in [2.24, 2.45) is 5.92 Å². The van der Waals surface area contributed by atoms with Crippen molar-refractivity contribution in [3.8, 4) is 0 Å². The molecule has 1 aliphatic rings. The minimum Gasteiger partial charge on any atom is -0.387 e. The Morgan fingerprint density at radius 1 is 1.77 bits per heavy atom. The van der Waals surface area contributed by atoms with Gasteiger partial charge >= 0.3 is 0 Å². The van der Waals surface area contributed by atoms with Gasteiger partial charge in [-0.3, -0.25) is 4.79 Å². The first-order valence-electron chi connectivity index (χ1n) is 4.15. The van der Waals surface area contributed by atoms with Gasteiger partial charge in [0.2, 0.25) is 5.91 Å². The molecule has 0 spiro atoms. The molecule has 0 radical (unpaired) electrons. The Bertz CT molecular complexity index is 248. The number of amides is 1. The van der Waals surface area contributed by atoms with Gasteiger partial charge in [-0.25, -0.2) is 0 Å². The first-order chi connectivity index (χ1) is 6.22. The zero-order valence-corrected chi connectivity index (χ0v) is 9.52. The maximum atomic E-state index is 10.7. The molecule has 0 aromatic carbocycles. The summed E-state index contributed by atoms with van der Waals surface area (Å²) >= 11 is 1.99. The highest BCUT2D eigenvalue weighted by Crippen LogP contribution is 2.10. The van der Waals surface area contributed by atoms with Crippen LogP contribution < -0.4 is 27.9 Å². The highest BCUT2D eigenvalue weighted by molar-refractivity contribution is 5.76. The lowest BCUT2D eigenvalue weighted by Crippen LogP contribution is -3.33. The van der Waals surface area contributed by atoms with Gasteiger partial charge < -0.3 is 10.4 Å². The maximum Gasteiger partial charge on any atom is 0.296 e. The Labute approximate surface area is 91.0 Å². The van der Waals surface area contributed by atoms with Gasteiger partial charge in [-0.05, 0) is 24.5 Å². The van der Waals surface area contributed by atoms with Crippen LogP contribution in [0.25, 0.3) is 0 Å². The molecular weight excluding hydrogens is 281 g/mol. The third-order valence-corrected chi connectivity index (χ3v) is 2.72. The normalized spacial score (nSPS) is 21.1. The van der Waals surface area contributed by atoms with E-state index in [4.69, 9.17) is 5.11 Å². The topological polar surface area (TPSA) is 49.3 Å². The summed E-state index contributed by atoms with van der Waals surface area (Å²) in [4.78, 5) is 10.7. The summed E-state index contributed by atoms with van der Waals surface area (Å²) < 4.78 is 1.28. The molecule has 0 heterocycles. The zero-order valence-electron chi connectivity index (χ0n) is 7.19. The minimum absolute atomic E-state index is 0.305. The van der Waals surface area contributed by atoms with E-state index in [9.17, 15) is 4.79 Å². The molecule has 72 valence electrons. The average molecular weight is 294 g/mol. The van der Waals surface area contributed by atoms with Crippen LogP contribution in [0.1, 0.15) is 6.42 Å². The molecule has 3 nitrogen and oxygen atoms in total. The number of carbonyl (C=O) groups is 1. The van der Waals surface area contributed by atoms with E-state index in [1.165, 1.54) is 3.58 Å². The summed E-state index contributed by atoms with van der Waals surface area (Å²) in [5.41, 5.74) is 0. The maximum absolute atomic E-state index is 10.7. The van der Waals surface area contributed by atoms with Gasteiger partial charge in [-0.15, -0.1) is 0 Å². The highest BCUT2D eigenvalue weighted by Gasteiger charge is 2.11. The fourth-order valence-corrected chi connectivity index (χ4v) is 1.60. The van der Waals surface area contributed by atoms with Crippen LogP contribution in [-0.2, 0) is 4.79 Å². The van der Waals surface area contributed by atoms with Crippen LogP contribution in [0, 0.1) is 5.92 Å². The SMILES string of the molecule is O=C(CO)NC[C@H]1C=CC([IH+])=CC1. The number of allylic oxidation sites excluding steroid dienone is 3. The number of hydrogen-bond acceptors (Lipinski definition) is 2. The van der Waals surface area contributed by atoms with Crippen molar-refractivity contribution in [3.63, 3.8) is 0 Å². The number of halogens is 1. The Hall–Kier alpha value is -0.360. The molecule has 1 atom stereocenters. The largest absolute Gasteiger partial charge is 0.387 e. The summed E-state index contributed by atoms with van der Waals surface area (Å²) in [7, 11) is 0. The van der Waals surface area contributed by atoms with Gasteiger partial charge in [0.05, 0.1) is 0 Å². The van der Waals surface area contributed by atoms with E-state index in [1.807, 2.05) is 22.6 Å². The van der Waals surface area contributed by atoms with Crippen LogP contribution in [0.2, 0.25) is 0 Å². The van der Waals surface area contributed by atoms with Crippen LogP contribution in [0.5, 0.6) is 0 Å². The summed E-state index contributed by atoms with van der Waals surface area (Å²) in [5, 5.41) is 11.1. The van der Waals surface area contributed by atoms with Crippen molar-refractivity contribution in [2.45, 2.75) is 6.42 Å². The molecule has 4 heteroatoms. The standard InChI is InChI=1S/C9H12INO2/c10-8-3-1-7(2-4-8)5-11-9(13)6-12/h1,3-4,7,10,12H,2,5-6H2/p+1/t7-/m0/s1. The molecule has 1 rings (SSSR count). The Morgan fingerprint density at radius 3 is 3.08 bits per heavy atom. The average Bonchev–Trinajstić information content (AvgIpc) is 2.16. The van der Waals surface area contributed by atoms with Crippen molar-refractivity contribution in [1.82, 2.24) is 5.32 Å². The fourth-order valence-electron chi connectivity index (χ4n) is 1.10. The third kappa shape index (κ3) is 3.91. The summed E-state index contributed by atoms with van der Waals surface area (Å²) in [6, 6.07) is 0. The van der Waals surface area contributed by atoms with Gasteiger partial charge in [-0.2, -0.15) is 0 Å². The Kier molecular flexibility index (Phi) is 4.44. The summed E-state index contributed by atoms with van der Waals surface area (Å²) in [6.07, 6.45) is 7.27. The van der Waals surface area contributed by atoms with Gasteiger partial charge in [0.25, 0.3) is 22.6 Å². The van der Waals surface area contributed by atoms with Gasteiger partial charge in [0, 0.05) is 6.54 Å². The number of rotatable bonds is 3. The quantitative estimate of drug-likeness (QED) is 0.540. The van der Waals surface area contributed by atoms with E-state index in [0.29, 0.717) is 12.5 Å². The molecule has 0 bridgehead atoms. The van der Waals surface area contributed by atoms with E-state index in [0.717, 1.165) is 6.42 Å². The number of carbonyl (C=O) groups excluding carboxylic acids is 1. The second kappa shape index (κ2) is 5.39. The molecule has 1 aliphatic carbocycles. The lowest BCUT2D eigenvalue weighted by molar-refractivity contribution is -0.295. The van der Waals surface area contributed by atoms with Crippen molar-refractivity contribution in [3.05, 3.63) is 21.8 Å². The molecule has 1 amide bonds. The number of aliphatic hydroxyl groups excluding tert-OH is 1. The monoisotopic (exact) mass is 294 g/mol. The molecule has 0 aromatic heterocycles. The first-order valence-corrected chi connectivity index (χ1v) is 5.32. The Morgan fingerprint density at radius 2 is 2.54 bits per heavy atom. The van der Waals surface area contributed by atoms with Gasteiger partial charge in [-0.1, -0.05) is 6.08 Å². The molecule has 0 aliphatic heterocycles. The predicted molar refractivity (Wildman–Crippen MR) is 46.8 cm³/mol. The number of hydrogen-bond donors (Lipinski definition) is 2. The lowest BCUT2D eigenvalue weighted by Gasteiger charge is -2.12. The van der Waals surface area contributed by atoms with Gasteiger partial charge in [0.15, 0.2) is 3.58 Å². The van der Waals surface area contributed by atoms with Crippen molar-refractivity contribution < 1.29 is 32.5 Å². The lowest BCUT2D eigenvalue weighted by atomic mass is 10.0. The molecule has 0 unspecified atom stereocenters. The van der Waals surface area contributed by atoms with Crippen molar-refractivity contribution in [2.75, 3.05) is 13.2 Å². The van der Waals surface area contributed by atoms with E-state index in [-0.39, 0.29) is 5.91 Å². The minimum atomic E-state index is -0.425. The molecule has 0 saturated carbocycles. The molecule has 13 heavy (non-hydrogen) atoms. The fraction of sp³-hybridized carbons (Fsp3) is 0.444. The number of nitrogens with one attached hydrogen (secondary N) is 1. The van der Waals surface area contributed by atoms with Crippen LogP contribution in [0.3, 0.4) is 0 Å². The van der Waals surface area contributed by atoms with Crippen LogP contribution in [0.4, 0.5) is 0 Å². The first kappa shape index (κ1) is 10.7. The smallest absolute Gasteiger partial charge is 0.296 e. The molecule has 0 fully saturated rings. The molecular formula is C9H13INO2+. The molecule has 2 N–H and O–H groups in total. The van der Waals surface area contributed by atoms with E-state index in [1.54, 1.807) is 0 Å². The van der Waals surface area contributed by atoms with Crippen molar-refractivity contribution in [1.29, 1.82) is 0 Å². The van der Waals surface area contributed by atoms with Crippen LogP contribution in [-0.4, -0.2) is 24.2 Å². The molecule has 0 aromatic rings. The van der Waals surface area contributed by atoms with Gasteiger partial charge in [0.1, 0.15) is 6.61 Å². The third-order valence-electron chi connectivity index (χ3n) is 1.86. The van der Waals surface area contributed by atoms with Crippen molar-refractivity contribution >= 4 is 5.91 Å². The molecule has 0 saturated heterocycles. The number of aliphatic hydroxyl groups is 1. The predicted octanol–water partition coefficient (Wildman–Crippen LogP) is -3.16. The van der Waals surface area contributed by atoms with E-state index < -0.39 is 6.61 Å². The van der Waals surface area contributed by atoms with E-state index >= 15 is 0 Å². The highest BCUT2D eigenvalue weighted by atomic mass is 127. The van der Waals surface area contributed by atoms with E-state index in [2.05, 4.69) is 23.5 Å². The second-order valence-electron chi connectivity index (χ2n) is 2.92. The summed E-state index contributed by atoms with van der Waals surface area (Å²) in [5.74, 6) is 0.0706. The Balaban J connectivity index is 2.25. The zero-order chi connectivity index (χ0) is 9.68.